The fourth-order valence-electron chi connectivity index (χ4n) is 2.04. The smallest absolute Gasteiger partial charge is 0.356 e. The van der Waals surface area contributed by atoms with E-state index in [0.717, 1.165) is 22.3 Å². The van der Waals surface area contributed by atoms with Gasteiger partial charge in [-0.05, 0) is 42.8 Å². The van der Waals surface area contributed by atoms with Crippen molar-refractivity contribution in [1.82, 2.24) is 10.3 Å². The van der Waals surface area contributed by atoms with Crippen LogP contribution in [-0.4, -0.2) is 23.6 Å². The predicted octanol–water partition coefficient (Wildman–Crippen LogP) is 2.73. The van der Waals surface area contributed by atoms with Crippen LogP contribution in [0.25, 0.3) is 10.2 Å². The summed E-state index contributed by atoms with van der Waals surface area (Å²) in [7, 11) is 1.38. The summed E-state index contributed by atoms with van der Waals surface area (Å²) in [4.78, 5) is 16.9. The van der Waals surface area contributed by atoms with E-state index in [1.807, 2.05) is 11.4 Å². The zero-order valence-electron chi connectivity index (χ0n) is 11.0. The molecule has 0 unspecified atom stereocenters. The van der Waals surface area contributed by atoms with Crippen molar-refractivity contribution in [2.75, 3.05) is 7.11 Å². The van der Waals surface area contributed by atoms with E-state index in [9.17, 15) is 4.79 Å². The first-order valence-electron chi connectivity index (χ1n) is 6.32. The van der Waals surface area contributed by atoms with Gasteiger partial charge in [0.15, 0.2) is 0 Å². The minimum atomic E-state index is -0.380. The van der Waals surface area contributed by atoms with Gasteiger partial charge in [-0.2, -0.15) is 0 Å². The van der Waals surface area contributed by atoms with Gasteiger partial charge in [-0.15, -0.1) is 11.3 Å². The quantitative estimate of drug-likeness (QED) is 0.872. The molecule has 0 radical (unpaired) electrons. The van der Waals surface area contributed by atoms with Crippen LogP contribution in [-0.2, 0) is 11.3 Å². The first-order valence-corrected chi connectivity index (χ1v) is 7.20. The van der Waals surface area contributed by atoms with Gasteiger partial charge in [-0.3, -0.25) is 0 Å². The van der Waals surface area contributed by atoms with Gasteiger partial charge in [-0.1, -0.05) is 0 Å². The van der Waals surface area contributed by atoms with E-state index in [2.05, 4.69) is 23.3 Å². The highest BCUT2D eigenvalue weighted by Crippen LogP contribution is 2.35. The van der Waals surface area contributed by atoms with Crippen LogP contribution in [0.5, 0.6) is 0 Å². The van der Waals surface area contributed by atoms with E-state index in [4.69, 9.17) is 4.74 Å². The van der Waals surface area contributed by atoms with Crippen LogP contribution in [0.4, 0.5) is 0 Å². The number of nitrogens with one attached hydrogen (secondary N) is 1. The summed E-state index contributed by atoms with van der Waals surface area (Å²) in [5.74, 6) is -0.380. The molecule has 0 bridgehead atoms. The molecule has 1 saturated carbocycles. The van der Waals surface area contributed by atoms with Crippen molar-refractivity contribution >= 4 is 27.5 Å². The molecule has 4 nitrogen and oxygen atoms in total. The molecule has 2 heterocycles. The molecule has 0 atom stereocenters. The third-order valence-electron chi connectivity index (χ3n) is 3.62. The second kappa shape index (κ2) is 4.58. The Morgan fingerprint density at radius 1 is 1.58 bits per heavy atom. The molecule has 1 aliphatic carbocycles. The van der Waals surface area contributed by atoms with Crippen LogP contribution in [0.1, 0.15) is 35.8 Å². The van der Waals surface area contributed by atoms with E-state index in [-0.39, 0.29) is 11.5 Å². The van der Waals surface area contributed by atoms with Gasteiger partial charge in [0.2, 0.25) is 0 Å². The number of pyridine rings is 1. The average Bonchev–Trinajstić information content (AvgIpc) is 2.97. The maximum Gasteiger partial charge on any atom is 0.356 e. The van der Waals surface area contributed by atoms with Crippen LogP contribution < -0.4 is 5.32 Å². The second-order valence-corrected chi connectivity index (χ2v) is 6.11. The van der Waals surface area contributed by atoms with Crippen molar-refractivity contribution in [3.63, 3.8) is 0 Å². The fourth-order valence-corrected chi connectivity index (χ4v) is 2.86. The molecular formula is C14H16N2O2S. The van der Waals surface area contributed by atoms with Crippen LogP contribution in [0.3, 0.4) is 0 Å². The number of carbonyl (C=O) groups is 1. The molecule has 1 N–H and O–H groups in total. The summed E-state index contributed by atoms with van der Waals surface area (Å²) in [6, 6.07) is 3.89. The number of hydrogen-bond donors (Lipinski definition) is 1. The molecule has 0 aliphatic heterocycles. The van der Waals surface area contributed by atoms with Gasteiger partial charge in [0, 0.05) is 17.5 Å². The van der Waals surface area contributed by atoms with Crippen molar-refractivity contribution in [2.45, 2.75) is 31.8 Å². The highest BCUT2D eigenvalue weighted by molar-refractivity contribution is 7.16. The van der Waals surface area contributed by atoms with Crippen LogP contribution in [0, 0.1) is 0 Å². The Kier molecular flexibility index (Phi) is 3.03. The Hall–Kier alpha value is -1.46. The van der Waals surface area contributed by atoms with Gasteiger partial charge in [0.05, 0.1) is 7.11 Å². The molecule has 1 aliphatic rings. The first kappa shape index (κ1) is 12.6. The fraction of sp³-hybridized carbons (Fsp3) is 0.429. The number of ether oxygens (including phenoxy) is 1. The number of carbonyl (C=O) groups excluding carboxylic acids is 1. The molecule has 0 spiro atoms. The number of fused-ring (bicyclic) bond motifs is 1. The van der Waals surface area contributed by atoms with Gasteiger partial charge < -0.3 is 10.1 Å². The molecular weight excluding hydrogens is 260 g/mol. The van der Waals surface area contributed by atoms with Crippen molar-refractivity contribution in [1.29, 1.82) is 0 Å². The van der Waals surface area contributed by atoms with E-state index >= 15 is 0 Å². The van der Waals surface area contributed by atoms with Gasteiger partial charge >= 0.3 is 5.97 Å². The summed E-state index contributed by atoms with van der Waals surface area (Å²) >= 11 is 1.55. The predicted molar refractivity (Wildman–Crippen MR) is 75.4 cm³/mol. The highest BCUT2D eigenvalue weighted by atomic mass is 32.1. The Labute approximate surface area is 115 Å². The Balaban J connectivity index is 1.95. The van der Waals surface area contributed by atoms with Crippen LogP contribution in [0.15, 0.2) is 17.5 Å². The first-order chi connectivity index (χ1) is 9.11. The highest BCUT2D eigenvalue weighted by Gasteiger charge is 2.36. The van der Waals surface area contributed by atoms with Crippen LogP contribution in [0.2, 0.25) is 0 Å². The van der Waals surface area contributed by atoms with E-state index in [1.165, 1.54) is 20.0 Å². The third-order valence-corrected chi connectivity index (χ3v) is 4.43. The van der Waals surface area contributed by atoms with Crippen molar-refractivity contribution in [3.05, 3.63) is 28.8 Å². The van der Waals surface area contributed by atoms with Crippen molar-refractivity contribution < 1.29 is 9.53 Å². The lowest BCUT2D eigenvalue weighted by Crippen LogP contribution is -2.27. The zero-order valence-corrected chi connectivity index (χ0v) is 11.8. The summed E-state index contributed by atoms with van der Waals surface area (Å²) in [6.07, 6.45) is 2.43. The van der Waals surface area contributed by atoms with Crippen molar-refractivity contribution in [2.24, 2.45) is 0 Å². The summed E-state index contributed by atoms with van der Waals surface area (Å²) < 4.78 is 4.76. The maximum absolute atomic E-state index is 11.6. The average molecular weight is 276 g/mol. The Morgan fingerprint density at radius 3 is 3.05 bits per heavy atom. The number of nitrogens with zero attached hydrogens (tertiary/aromatic N) is 1. The van der Waals surface area contributed by atoms with Gasteiger partial charge in [-0.25, -0.2) is 9.78 Å². The largest absolute Gasteiger partial charge is 0.464 e. The molecule has 3 rings (SSSR count). The summed E-state index contributed by atoms with van der Waals surface area (Å²) in [6.45, 7) is 2.98. The molecule has 0 aromatic carbocycles. The molecule has 2 aromatic rings. The monoisotopic (exact) mass is 276 g/mol. The molecule has 0 amide bonds. The lowest BCUT2D eigenvalue weighted by atomic mass is 10.1. The minimum absolute atomic E-state index is 0.275. The van der Waals surface area contributed by atoms with E-state index in [1.54, 1.807) is 11.3 Å². The lowest BCUT2D eigenvalue weighted by molar-refractivity contribution is 0.0594. The molecule has 19 heavy (non-hydrogen) atoms. The number of hydrogen-bond acceptors (Lipinski definition) is 5. The summed E-state index contributed by atoms with van der Waals surface area (Å²) in [5.41, 5.74) is 1.77. The number of rotatable bonds is 4. The molecule has 5 heteroatoms. The lowest BCUT2D eigenvalue weighted by Gasteiger charge is -2.12. The van der Waals surface area contributed by atoms with Crippen molar-refractivity contribution in [3.8, 4) is 0 Å². The zero-order chi connectivity index (χ0) is 13.5. The Morgan fingerprint density at radius 2 is 2.37 bits per heavy atom. The topological polar surface area (TPSA) is 51.2 Å². The van der Waals surface area contributed by atoms with E-state index < -0.39 is 0 Å². The van der Waals surface area contributed by atoms with Gasteiger partial charge in [0.1, 0.15) is 10.5 Å². The normalized spacial score (nSPS) is 16.5. The van der Waals surface area contributed by atoms with E-state index in [0.29, 0.717) is 5.69 Å². The number of thiophene rings is 1. The Bertz CT molecular complexity index is 631. The number of esters is 1. The minimum Gasteiger partial charge on any atom is -0.464 e. The second-order valence-electron chi connectivity index (χ2n) is 5.21. The standard InChI is InChI=1S/C14H16N2O2S/c1-14(4-5-14)15-8-9-7-11(13(17)18-2)16-12-10(9)3-6-19-12/h3,6-7,15H,4-5,8H2,1-2H3. The maximum atomic E-state index is 11.6. The molecule has 1 fully saturated rings. The molecule has 2 aromatic heterocycles. The van der Waals surface area contributed by atoms with Gasteiger partial charge in [0.25, 0.3) is 0 Å². The SMILES string of the molecule is COC(=O)c1cc(CNC2(C)CC2)c2ccsc2n1. The number of aromatic nitrogens is 1. The molecule has 0 saturated heterocycles. The summed E-state index contributed by atoms with van der Waals surface area (Å²) in [5, 5.41) is 6.66. The third kappa shape index (κ3) is 2.48. The number of methoxy groups -OCH3 is 1. The van der Waals surface area contributed by atoms with Crippen LogP contribution >= 0.6 is 11.3 Å². The molecule has 100 valence electrons.